The summed E-state index contributed by atoms with van der Waals surface area (Å²) in [6.45, 7) is 1.98. The number of benzene rings is 3. The first kappa shape index (κ1) is 17.3. The highest BCUT2D eigenvalue weighted by atomic mass is 16.1. The summed E-state index contributed by atoms with van der Waals surface area (Å²) in [6.07, 6.45) is 4.23. The van der Waals surface area contributed by atoms with Crippen LogP contribution in [0.5, 0.6) is 0 Å². The fraction of sp³-hybridized carbons (Fsp3) is 0.0833. The Morgan fingerprint density at radius 3 is 2.83 bits per heavy atom. The molecule has 1 aliphatic heterocycles. The molecule has 0 saturated carbocycles. The molecule has 0 fully saturated rings. The Morgan fingerprint density at radius 2 is 1.90 bits per heavy atom. The first-order chi connectivity index (χ1) is 14.2. The van der Waals surface area contributed by atoms with Crippen molar-refractivity contribution >= 4 is 34.4 Å². The number of fused-ring (bicyclic) bond motifs is 2. The van der Waals surface area contributed by atoms with Gasteiger partial charge in [-0.1, -0.05) is 30.3 Å². The van der Waals surface area contributed by atoms with E-state index in [4.69, 9.17) is 0 Å². The Hall–Kier alpha value is -3.86. The zero-order chi connectivity index (χ0) is 19.8. The molecule has 29 heavy (non-hydrogen) atoms. The second kappa shape index (κ2) is 6.95. The molecule has 0 bridgehead atoms. The number of anilines is 1. The predicted molar refractivity (Wildman–Crippen MR) is 116 cm³/mol. The van der Waals surface area contributed by atoms with Crippen LogP contribution in [0.1, 0.15) is 21.5 Å². The van der Waals surface area contributed by atoms with Gasteiger partial charge in [-0.3, -0.25) is 9.79 Å². The second-order valence-corrected chi connectivity index (χ2v) is 7.03. The van der Waals surface area contributed by atoms with Crippen molar-refractivity contribution in [3.8, 4) is 11.3 Å². The molecule has 1 aromatic heterocycles. The van der Waals surface area contributed by atoms with Gasteiger partial charge >= 0.3 is 0 Å². The highest BCUT2D eigenvalue weighted by Gasteiger charge is 2.17. The van der Waals surface area contributed by atoms with Crippen molar-refractivity contribution in [2.45, 2.75) is 13.3 Å². The number of para-hydroxylation sites is 1. The number of carbonyl (C=O) groups excluding carboxylic acids is 1. The third-order valence-corrected chi connectivity index (χ3v) is 5.28. The van der Waals surface area contributed by atoms with Crippen molar-refractivity contribution in [1.29, 1.82) is 0 Å². The van der Waals surface area contributed by atoms with Crippen LogP contribution in [0.4, 0.5) is 11.4 Å². The number of nitrogens with zero attached hydrogens (tertiary/aromatic N) is 3. The van der Waals surface area contributed by atoms with Crippen molar-refractivity contribution < 1.29 is 4.79 Å². The van der Waals surface area contributed by atoms with Gasteiger partial charge in [0.2, 0.25) is 0 Å². The van der Waals surface area contributed by atoms with Gasteiger partial charge in [-0.15, -0.1) is 0 Å². The Balaban J connectivity index is 1.47. The summed E-state index contributed by atoms with van der Waals surface area (Å²) < 4.78 is 0. The van der Waals surface area contributed by atoms with Crippen LogP contribution >= 0.6 is 0 Å². The highest BCUT2D eigenvalue weighted by molar-refractivity contribution is 6.06. The summed E-state index contributed by atoms with van der Waals surface area (Å²) in [6, 6.07) is 19.4. The zero-order valence-electron chi connectivity index (χ0n) is 15.9. The number of rotatable bonds is 3. The molecule has 5 rings (SSSR count). The number of hydrogen-bond acceptors (Lipinski definition) is 4. The Kier molecular flexibility index (Phi) is 4.13. The average molecular weight is 378 g/mol. The minimum Gasteiger partial charge on any atom is -0.322 e. The lowest BCUT2D eigenvalue weighted by Gasteiger charge is -2.12. The lowest BCUT2D eigenvalue weighted by molar-refractivity contribution is 0.102. The van der Waals surface area contributed by atoms with E-state index in [2.05, 4.69) is 20.3 Å². The lowest BCUT2D eigenvalue weighted by Crippen LogP contribution is -2.14. The topological polar surface area (TPSA) is 67.2 Å². The van der Waals surface area contributed by atoms with Gasteiger partial charge in [-0.25, -0.2) is 9.97 Å². The molecule has 5 heteroatoms. The summed E-state index contributed by atoms with van der Waals surface area (Å²) in [7, 11) is 0. The largest absolute Gasteiger partial charge is 0.322 e. The molecule has 0 atom stereocenters. The normalized spacial score (nSPS) is 12.2. The maximum absolute atomic E-state index is 12.9. The molecule has 0 saturated heterocycles. The second-order valence-electron chi connectivity index (χ2n) is 7.03. The molecule has 0 aliphatic carbocycles. The molecule has 3 aromatic carbocycles. The van der Waals surface area contributed by atoms with E-state index < -0.39 is 0 Å². The van der Waals surface area contributed by atoms with Crippen molar-refractivity contribution in [3.63, 3.8) is 0 Å². The fourth-order valence-electron chi connectivity index (χ4n) is 3.78. The molecular weight excluding hydrogens is 360 g/mol. The number of aliphatic imine (C=N–C) groups is 1. The fourth-order valence-corrected chi connectivity index (χ4v) is 3.78. The van der Waals surface area contributed by atoms with Gasteiger partial charge in [0, 0.05) is 34.8 Å². The van der Waals surface area contributed by atoms with E-state index in [-0.39, 0.29) is 5.91 Å². The Bertz CT molecular complexity index is 1290. The molecule has 1 aliphatic rings. The monoisotopic (exact) mass is 378 g/mol. The number of carbonyl (C=O) groups is 1. The van der Waals surface area contributed by atoms with E-state index in [1.807, 2.05) is 73.8 Å². The first-order valence-corrected chi connectivity index (χ1v) is 9.47. The van der Waals surface area contributed by atoms with Crippen LogP contribution in [0.25, 0.3) is 22.2 Å². The SMILES string of the molecule is Cc1c(C(=O)Nc2cccc(-c3ncnc4ccccc34)c2)ccc2c1CC=N2. The maximum atomic E-state index is 12.9. The smallest absolute Gasteiger partial charge is 0.255 e. The quantitative estimate of drug-likeness (QED) is 0.538. The zero-order valence-corrected chi connectivity index (χ0v) is 15.9. The van der Waals surface area contributed by atoms with Crippen LogP contribution in [-0.4, -0.2) is 22.1 Å². The van der Waals surface area contributed by atoms with Crippen LogP contribution in [0, 0.1) is 6.92 Å². The van der Waals surface area contributed by atoms with Crippen molar-refractivity contribution in [1.82, 2.24) is 9.97 Å². The molecule has 140 valence electrons. The standard InChI is InChI=1S/C24H18N4O/c1-15-18-11-12-25-22(18)10-9-19(15)24(29)28-17-6-4-5-16(13-17)23-20-7-2-3-8-21(20)26-14-27-23/h2-10,12-14H,11H2,1H3,(H,28,29). The summed E-state index contributed by atoms with van der Waals surface area (Å²) >= 11 is 0. The molecule has 1 amide bonds. The van der Waals surface area contributed by atoms with Gasteiger partial charge in [0.1, 0.15) is 6.33 Å². The van der Waals surface area contributed by atoms with E-state index in [1.54, 1.807) is 6.33 Å². The summed E-state index contributed by atoms with van der Waals surface area (Å²) in [4.78, 5) is 26.1. The van der Waals surface area contributed by atoms with Crippen LogP contribution in [-0.2, 0) is 6.42 Å². The van der Waals surface area contributed by atoms with E-state index in [1.165, 1.54) is 0 Å². The van der Waals surface area contributed by atoms with Gasteiger partial charge in [-0.05, 0) is 48.4 Å². The van der Waals surface area contributed by atoms with E-state index in [0.717, 1.165) is 51.1 Å². The third-order valence-electron chi connectivity index (χ3n) is 5.28. The van der Waals surface area contributed by atoms with Crippen molar-refractivity contribution in [2.24, 2.45) is 4.99 Å². The molecule has 1 N–H and O–H groups in total. The molecule has 0 radical (unpaired) electrons. The van der Waals surface area contributed by atoms with Gasteiger partial charge < -0.3 is 5.32 Å². The highest BCUT2D eigenvalue weighted by Crippen LogP contribution is 2.30. The molecular formula is C24H18N4O. The minimum atomic E-state index is -0.123. The molecule has 0 spiro atoms. The van der Waals surface area contributed by atoms with E-state index in [0.29, 0.717) is 5.56 Å². The van der Waals surface area contributed by atoms with Crippen LogP contribution in [0.15, 0.2) is 72.0 Å². The van der Waals surface area contributed by atoms with E-state index >= 15 is 0 Å². The summed E-state index contributed by atoms with van der Waals surface area (Å²) in [5.41, 5.74) is 7.13. The average Bonchev–Trinajstić information content (AvgIpc) is 3.23. The number of aromatic nitrogens is 2. The van der Waals surface area contributed by atoms with E-state index in [9.17, 15) is 4.79 Å². The molecule has 4 aromatic rings. The van der Waals surface area contributed by atoms with Gasteiger partial charge in [-0.2, -0.15) is 0 Å². The maximum Gasteiger partial charge on any atom is 0.255 e. The predicted octanol–water partition coefficient (Wildman–Crippen LogP) is 5.12. The molecule has 0 unspecified atom stereocenters. The van der Waals surface area contributed by atoms with Crippen LogP contribution in [0.3, 0.4) is 0 Å². The number of amides is 1. The van der Waals surface area contributed by atoms with Crippen LogP contribution in [0.2, 0.25) is 0 Å². The minimum absolute atomic E-state index is 0.123. The molecule has 5 nitrogen and oxygen atoms in total. The third kappa shape index (κ3) is 3.06. The van der Waals surface area contributed by atoms with Gasteiger partial charge in [0.15, 0.2) is 0 Å². The van der Waals surface area contributed by atoms with Gasteiger partial charge in [0.05, 0.1) is 16.9 Å². The summed E-state index contributed by atoms with van der Waals surface area (Å²) in [5.74, 6) is -0.123. The van der Waals surface area contributed by atoms with Crippen molar-refractivity contribution in [2.75, 3.05) is 5.32 Å². The Morgan fingerprint density at radius 1 is 1.00 bits per heavy atom. The molecule has 2 heterocycles. The lowest BCUT2D eigenvalue weighted by atomic mass is 9.99. The Labute approximate surface area is 168 Å². The number of hydrogen-bond donors (Lipinski definition) is 1. The van der Waals surface area contributed by atoms with Crippen LogP contribution < -0.4 is 5.32 Å². The summed E-state index contributed by atoms with van der Waals surface area (Å²) in [5, 5.41) is 4.00. The first-order valence-electron chi connectivity index (χ1n) is 9.47. The number of nitrogens with one attached hydrogen (secondary N) is 1. The van der Waals surface area contributed by atoms with Gasteiger partial charge in [0.25, 0.3) is 5.91 Å². The van der Waals surface area contributed by atoms with Crippen molar-refractivity contribution in [3.05, 3.63) is 83.7 Å².